The SMILES string of the molecule is CC1CCC2CCCC(=O)CC12. The predicted molar refractivity (Wildman–Crippen MR) is 48.9 cm³/mol. The van der Waals surface area contributed by atoms with E-state index in [1.807, 2.05) is 0 Å². The molecule has 12 heavy (non-hydrogen) atoms. The summed E-state index contributed by atoms with van der Waals surface area (Å²) in [5, 5.41) is 0. The van der Waals surface area contributed by atoms with Crippen LogP contribution in [0.4, 0.5) is 0 Å². The topological polar surface area (TPSA) is 17.1 Å². The summed E-state index contributed by atoms with van der Waals surface area (Å²) in [4.78, 5) is 11.4. The highest BCUT2D eigenvalue weighted by molar-refractivity contribution is 5.78. The molecule has 2 saturated carbocycles. The van der Waals surface area contributed by atoms with Gasteiger partial charge in [-0.3, -0.25) is 4.79 Å². The Hall–Kier alpha value is -0.330. The molecule has 0 aliphatic heterocycles. The molecule has 3 atom stereocenters. The zero-order valence-electron chi connectivity index (χ0n) is 7.88. The highest BCUT2D eigenvalue weighted by Gasteiger charge is 2.35. The van der Waals surface area contributed by atoms with Crippen LogP contribution < -0.4 is 0 Å². The number of rotatable bonds is 0. The van der Waals surface area contributed by atoms with E-state index in [0.29, 0.717) is 5.78 Å². The molecule has 0 amide bonds. The minimum Gasteiger partial charge on any atom is -0.300 e. The molecule has 0 spiro atoms. The van der Waals surface area contributed by atoms with Crippen LogP contribution in [0, 0.1) is 17.8 Å². The van der Waals surface area contributed by atoms with E-state index in [-0.39, 0.29) is 0 Å². The van der Waals surface area contributed by atoms with Gasteiger partial charge in [-0.15, -0.1) is 0 Å². The Bertz CT molecular complexity index is 185. The fraction of sp³-hybridized carbons (Fsp3) is 0.909. The summed E-state index contributed by atoms with van der Waals surface area (Å²) in [7, 11) is 0. The highest BCUT2D eigenvalue weighted by atomic mass is 16.1. The van der Waals surface area contributed by atoms with Gasteiger partial charge in [0.1, 0.15) is 5.78 Å². The lowest BCUT2D eigenvalue weighted by Crippen LogP contribution is -2.14. The summed E-state index contributed by atoms with van der Waals surface area (Å²) >= 11 is 0. The van der Waals surface area contributed by atoms with Crippen molar-refractivity contribution in [2.75, 3.05) is 0 Å². The molecule has 0 aromatic heterocycles. The molecule has 0 saturated heterocycles. The Balaban J connectivity index is 2.08. The van der Waals surface area contributed by atoms with Crippen molar-refractivity contribution in [3.63, 3.8) is 0 Å². The summed E-state index contributed by atoms with van der Waals surface area (Å²) in [6.07, 6.45) is 6.99. The maximum atomic E-state index is 11.4. The van der Waals surface area contributed by atoms with E-state index in [1.54, 1.807) is 0 Å². The van der Waals surface area contributed by atoms with Crippen molar-refractivity contribution >= 4 is 5.78 Å². The van der Waals surface area contributed by atoms with Crippen LogP contribution in [-0.2, 0) is 4.79 Å². The van der Waals surface area contributed by atoms with Gasteiger partial charge in [-0.05, 0) is 37.0 Å². The summed E-state index contributed by atoms with van der Waals surface area (Å²) < 4.78 is 0. The van der Waals surface area contributed by atoms with E-state index < -0.39 is 0 Å². The lowest BCUT2D eigenvalue weighted by Gasteiger charge is -2.18. The molecule has 0 radical (unpaired) electrons. The van der Waals surface area contributed by atoms with Crippen LogP contribution >= 0.6 is 0 Å². The van der Waals surface area contributed by atoms with E-state index in [1.165, 1.54) is 19.3 Å². The van der Waals surface area contributed by atoms with Gasteiger partial charge in [0.25, 0.3) is 0 Å². The first-order valence-corrected chi connectivity index (χ1v) is 5.29. The lowest BCUT2D eigenvalue weighted by atomic mass is 9.86. The van der Waals surface area contributed by atoms with Gasteiger partial charge in [0.05, 0.1) is 0 Å². The van der Waals surface area contributed by atoms with Gasteiger partial charge >= 0.3 is 0 Å². The second kappa shape index (κ2) is 3.20. The monoisotopic (exact) mass is 166 g/mol. The third-order valence-corrected chi connectivity index (χ3v) is 3.82. The van der Waals surface area contributed by atoms with Crippen LogP contribution in [-0.4, -0.2) is 5.78 Å². The fourth-order valence-electron chi connectivity index (χ4n) is 3.02. The van der Waals surface area contributed by atoms with Crippen LogP contribution in [0.2, 0.25) is 0 Å². The normalized spacial score (nSPS) is 42.4. The average molecular weight is 166 g/mol. The predicted octanol–water partition coefficient (Wildman–Crippen LogP) is 2.79. The molecule has 1 nitrogen and oxygen atoms in total. The zero-order valence-corrected chi connectivity index (χ0v) is 7.88. The quantitative estimate of drug-likeness (QED) is 0.541. The summed E-state index contributed by atoms with van der Waals surface area (Å²) in [5.41, 5.74) is 0. The molecule has 2 aliphatic rings. The van der Waals surface area contributed by atoms with E-state index in [2.05, 4.69) is 6.92 Å². The number of carbonyl (C=O) groups excluding carboxylic acids is 1. The maximum absolute atomic E-state index is 11.4. The standard InChI is InChI=1S/C11H18O/c1-8-5-6-9-3-2-4-10(12)7-11(8)9/h8-9,11H,2-7H2,1H3. The third-order valence-electron chi connectivity index (χ3n) is 3.82. The first-order chi connectivity index (χ1) is 5.77. The Labute approximate surface area is 74.5 Å². The Kier molecular flexibility index (Phi) is 2.20. The lowest BCUT2D eigenvalue weighted by molar-refractivity contribution is -0.119. The Morgan fingerprint density at radius 3 is 2.92 bits per heavy atom. The Morgan fingerprint density at radius 2 is 2.08 bits per heavy atom. The number of carbonyl (C=O) groups is 1. The molecular weight excluding hydrogens is 148 g/mol. The summed E-state index contributed by atoms with van der Waals surface area (Å²) in [6, 6.07) is 0. The number of Topliss-reactive ketones (excluding diaryl/α,β-unsaturated/α-hetero) is 1. The van der Waals surface area contributed by atoms with Crippen molar-refractivity contribution in [1.29, 1.82) is 0 Å². The molecule has 2 rings (SSSR count). The van der Waals surface area contributed by atoms with Gasteiger partial charge in [-0.25, -0.2) is 0 Å². The second-order valence-corrected chi connectivity index (χ2v) is 4.61. The molecule has 0 aromatic rings. The highest BCUT2D eigenvalue weighted by Crippen LogP contribution is 2.43. The smallest absolute Gasteiger partial charge is 0.133 e. The summed E-state index contributed by atoms with van der Waals surface area (Å²) in [5.74, 6) is 2.99. The zero-order chi connectivity index (χ0) is 8.55. The number of hydrogen-bond donors (Lipinski definition) is 0. The van der Waals surface area contributed by atoms with Gasteiger partial charge in [0.2, 0.25) is 0 Å². The molecular formula is C11H18O. The molecule has 0 N–H and O–H groups in total. The van der Waals surface area contributed by atoms with Crippen LogP contribution in [0.1, 0.15) is 45.4 Å². The maximum Gasteiger partial charge on any atom is 0.133 e. The van der Waals surface area contributed by atoms with E-state index in [9.17, 15) is 4.79 Å². The molecule has 0 bridgehead atoms. The molecule has 2 fully saturated rings. The minimum absolute atomic E-state index is 0.524. The fourth-order valence-corrected chi connectivity index (χ4v) is 3.02. The van der Waals surface area contributed by atoms with Crippen LogP contribution in [0.25, 0.3) is 0 Å². The molecule has 3 unspecified atom stereocenters. The second-order valence-electron chi connectivity index (χ2n) is 4.61. The van der Waals surface area contributed by atoms with Gasteiger partial charge in [0, 0.05) is 12.8 Å². The first kappa shape index (κ1) is 8.28. The van der Waals surface area contributed by atoms with Gasteiger partial charge in [-0.1, -0.05) is 13.3 Å². The van der Waals surface area contributed by atoms with Crippen LogP contribution in [0.15, 0.2) is 0 Å². The molecule has 1 heteroatoms. The van der Waals surface area contributed by atoms with E-state index in [4.69, 9.17) is 0 Å². The number of hydrogen-bond acceptors (Lipinski definition) is 1. The molecule has 0 heterocycles. The largest absolute Gasteiger partial charge is 0.300 e. The minimum atomic E-state index is 0.524. The van der Waals surface area contributed by atoms with E-state index in [0.717, 1.165) is 37.0 Å². The molecule has 0 aromatic carbocycles. The van der Waals surface area contributed by atoms with E-state index >= 15 is 0 Å². The number of ketones is 1. The van der Waals surface area contributed by atoms with Crippen LogP contribution in [0.5, 0.6) is 0 Å². The Morgan fingerprint density at radius 1 is 1.25 bits per heavy atom. The van der Waals surface area contributed by atoms with Crippen LogP contribution in [0.3, 0.4) is 0 Å². The van der Waals surface area contributed by atoms with Crippen molar-refractivity contribution in [2.24, 2.45) is 17.8 Å². The third kappa shape index (κ3) is 1.41. The average Bonchev–Trinajstić information content (AvgIpc) is 2.31. The first-order valence-electron chi connectivity index (χ1n) is 5.29. The number of fused-ring (bicyclic) bond motifs is 1. The van der Waals surface area contributed by atoms with Crippen molar-refractivity contribution in [3.05, 3.63) is 0 Å². The van der Waals surface area contributed by atoms with Crippen molar-refractivity contribution < 1.29 is 4.79 Å². The van der Waals surface area contributed by atoms with Gasteiger partial charge in [0.15, 0.2) is 0 Å². The van der Waals surface area contributed by atoms with Gasteiger partial charge < -0.3 is 0 Å². The van der Waals surface area contributed by atoms with Crippen molar-refractivity contribution in [1.82, 2.24) is 0 Å². The molecule has 2 aliphatic carbocycles. The van der Waals surface area contributed by atoms with Crippen molar-refractivity contribution in [3.8, 4) is 0 Å². The van der Waals surface area contributed by atoms with Crippen molar-refractivity contribution in [2.45, 2.75) is 45.4 Å². The molecule has 68 valence electrons. The van der Waals surface area contributed by atoms with Gasteiger partial charge in [-0.2, -0.15) is 0 Å². The summed E-state index contributed by atoms with van der Waals surface area (Å²) in [6.45, 7) is 2.32.